The zero-order valence-electron chi connectivity index (χ0n) is 11.5. The lowest BCUT2D eigenvalue weighted by atomic mass is 9.89. The lowest BCUT2D eigenvalue weighted by molar-refractivity contribution is -0.123. The zero-order valence-corrected chi connectivity index (χ0v) is 13.2. The molecule has 0 spiro atoms. The van der Waals surface area contributed by atoms with Crippen molar-refractivity contribution >= 4 is 45.0 Å². The van der Waals surface area contributed by atoms with Gasteiger partial charge < -0.3 is 10.6 Å². The number of aryl methyl sites for hydroxylation is 1. The van der Waals surface area contributed by atoms with Crippen LogP contribution >= 0.6 is 23.7 Å². The smallest absolute Gasteiger partial charge is 0.233 e. The number of halogens is 1. The summed E-state index contributed by atoms with van der Waals surface area (Å²) in [5.74, 6) is 0.0632. The van der Waals surface area contributed by atoms with E-state index in [1.807, 2.05) is 19.1 Å². The summed E-state index contributed by atoms with van der Waals surface area (Å²) >= 11 is 1.53. The maximum atomic E-state index is 12.3. The van der Waals surface area contributed by atoms with E-state index in [1.165, 1.54) is 16.9 Å². The number of fused-ring (bicyclic) bond motifs is 1. The van der Waals surface area contributed by atoms with E-state index in [0.717, 1.165) is 29.7 Å². The molecule has 1 unspecified atom stereocenters. The van der Waals surface area contributed by atoms with Crippen molar-refractivity contribution < 1.29 is 4.79 Å². The van der Waals surface area contributed by atoms with Gasteiger partial charge in [-0.1, -0.05) is 17.4 Å². The quantitative estimate of drug-likeness (QED) is 0.896. The fourth-order valence-electron chi connectivity index (χ4n) is 2.34. The molecule has 1 aromatic heterocycles. The fourth-order valence-corrected chi connectivity index (χ4v) is 3.30. The highest BCUT2D eigenvalue weighted by Gasteiger charge is 2.36. The van der Waals surface area contributed by atoms with Crippen molar-refractivity contribution in [2.24, 2.45) is 5.41 Å². The molecule has 4 nitrogen and oxygen atoms in total. The highest BCUT2D eigenvalue weighted by Crippen LogP contribution is 2.30. The Balaban J connectivity index is 0.00000147. The first kappa shape index (κ1) is 15.2. The molecule has 1 saturated heterocycles. The van der Waals surface area contributed by atoms with Gasteiger partial charge in [-0.15, -0.1) is 12.4 Å². The van der Waals surface area contributed by atoms with Crippen LogP contribution < -0.4 is 10.6 Å². The minimum atomic E-state index is -0.312. The van der Waals surface area contributed by atoms with E-state index < -0.39 is 0 Å². The van der Waals surface area contributed by atoms with Gasteiger partial charge in [-0.3, -0.25) is 4.79 Å². The minimum Gasteiger partial charge on any atom is -0.316 e. The number of hydrogen-bond donors (Lipinski definition) is 2. The van der Waals surface area contributed by atoms with Gasteiger partial charge in [-0.2, -0.15) is 0 Å². The van der Waals surface area contributed by atoms with E-state index in [1.54, 1.807) is 0 Å². The van der Waals surface area contributed by atoms with Crippen LogP contribution in [0.4, 0.5) is 5.13 Å². The highest BCUT2D eigenvalue weighted by atomic mass is 35.5. The topological polar surface area (TPSA) is 54.0 Å². The normalized spacial score (nSPS) is 21.7. The third-order valence-electron chi connectivity index (χ3n) is 3.68. The molecular weight excluding hydrogens is 294 g/mol. The third-order valence-corrected chi connectivity index (χ3v) is 4.61. The van der Waals surface area contributed by atoms with Gasteiger partial charge in [0.1, 0.15) is 0 Å². The van der Waals surface area contributed by atoms with E-state index in [9.17, 15) is 4.79 Å². The van der Waals surface area contributed by atoms with Crippen LogP contribution in [-0.2, 0) is 4.79 Å². The summed E-state index contributed by atoms with van der Waals surface area (Å²) in [5, 5.41) is 6.89. The second-order valence-electron chi connectivity index (χ2n) is 5.43. The molecule has 0 saturated carbocycles. The average Bonchev–Trinajstić information content (AvgIpc) is 2.95. The molecule has 2 N–H and O–H groups in total. The molecule has 3 rings (SSSR count). The van der Waals surface area contributed by atoms with Crippen LogP contribution in [0.2, 0.25) is 0 Å². The minimum absolute atomic E-state index is 0. The highest BCUT2D eigenvalue weighted by molar-refractivity contribution is 7.22. The largest absolute Gasteiger partial charge is 0.316 e. The first-order valence-corrected chi connectivity index (χ1v) is 7.28. The Morgan fingerprint density at radius 2 is 2.30 bits per heavy atom. The van der Waals surface area contributed by atoms with Crippen LogP contribution in [0.25, 0.3) is 10.2 Å². The van der Waals surface area contributed by atoms with Gasteiger partial charge in [-0.05, 0) is 44.5 Å². The Kier molecular flexibility index (Phi) is 4.32. The number of nitrogens with one attached hydrogen (secondary N) is 2. The lowest BCUT2D eigenvalue weighted by Crippen LogP contribution is -2.35. The van der Waals surface area contributed by atoms with Gasteiger partial charge in [0.15, 0.2) is 5.13 Å². The SMILES string of the molecule is Cc1ccc2nc(NC(=O)C3(C)CCNC3)sc2c1.Cl. The number of benzene rings is 1. The molecule has 0 bridgehead atoms. The maximum Gasteiger partial charge on any atom is 0.233 e. The molecule has 108 valence electrons. The van der Waals surface area contributed by atoms with E-state index in [2.05, 4.69) is 28.6 Å². The van der Waals surface area contributed by atoms with Gasteiger partial charge in [0.05, 0.1) is 15.6 Å². The molecule has 20 heavy (non-hydrogen) atoms. The van der Waals surface area contributed by atoms with Gasteiger partial charge >= 0.3 is 0 Å². The van der Waals surface area contributed by atoms with Crippen LogP contribution in [0.15, 0.2) is 18.2 Å². The molecule has 2 aromatic rings. The number of carbonyl (C=O) groups excluding carboxylic acids is 1. The Morgan fingerprint density at radius 1 is 1.50 bits per heavy atom. The molecule has 0 radical (unpaired) electrons. The van der Waals surface area contributed by atoms with Gasteiger partial charge in [-0.25, -0.2) is 4.98 Å². The van der Waals surface area contributed by atoms with Crippen LogP contribution in [0.3, 0.4) is 0 Å². The third kappa shape index (κ3) is 2.80. The predicted octanol–water partition coefficient (Wildman–Crippen LogP) is 2.96. The fraction of sp³-hybridized carbons (Fsp3) is 0.429. The summed E-state index contributed by atoms with van der Waals surface area (Å²) in [6, 6.07) is 6.13. The Labute approximate surface area is 128 Å². The van der Waals surface area contributed by atoms with Gasteiger partial charge in [0, 0.05) is 6.54 Å². The molecule has 6 heteroatoms. The number of aromatic nitrogens is 1. The summed E-state index contributed by atoms with van der Waals surface area (Å²) in [5.41, 5.74) is 1.84. The monoisotopic (exact) mass is 311 g/mol. The van der Waals surface area contributed by atoms with Crippen LogP contribution in [0, 0.1) is 12.3 Å². The maximum absolute atomic E-state index is 12.3. The van der Waals surface area contributed by atoms with Crippen molar-refractivity contribution in [2.75, 3.05) is 18.4 Å². The Bertz CT molecular complexity index is 634. The van der Waals surface area contributed by atoms with E-state index in [0.29, 0.717) is 5.13 Å². The lowest BCUT2D eigenvalue weighted by Gasteiger charge is -2.20. The Morgan fingerprint density at radius 3 is 3.00 bits per heavy atom. The second-order valence-corrected chi connectivity index (χ2v) is 6.46. The molecule has 2 heterocycles. The number of amides is 1. The molecular formula is C14H18ClN3OS. The van der Waals surface area contributed by atoms with E-state index in [4.69, 9.17) is 0 Å². The molecule has 1 atom stereocenters. The molecule has 1 aliphatic rings. The van der Waals surface area contributed by atoms with E-state index >= 15 is 0 Å². The standard InChI is InChI=1S/C14H17N3OS.ClH/c1-9-3-4-10-11(7-9)19-13(16-10)17-12(18)14(2)5-6-15-8-14;/h3-4,7,15H,5-6,8H2,1-2H3,(H,16,17,18);1H. The first-order valence-electron chi connectivity index (χ1n) is 6.46. The van der Waals surface area contributed by atoms with Gasteiger partial charge in [0.2, 0.25) is 5.91 Å². The van der Waals surface area contributed by atoms with Gasteiger partial charge in [0.25, 0.3) is 0 Å². The van der Waals surface area contributed by atoms with Crippen molar-refractivity contribution in [3.8, 4) is 0 Å². The van der Waals surface area contributed by atoms with E-state index in [-0.39, 0.29) is 23.7 Å². The molecule has 1 amide bonds. The number of hydrogen-bond acceptors (Lipinski definition) is 4. The van der Waals surface area contributed by atoms with Crippen LogP contribution in [-0.4, -0.2) is 24.0 Å². The molecule has 1 fully saturated rings. The summed E-state index contributed by atoms with van der Waals surface area (Å²) < 4.78 is 1.12. The van der Waals surface area contributed by atoms with Crippen molar-refractivity contribution in [2.45, 2.75) is 20.3 Å². The average molecular weight is 312 g/mol. The summed E-state index contributed by atoms with van der Waals surface area (Å²) in [4.78, 5) is 16.8. The summed E-state index contributed by atoms with van der Waals surface area (Å²) in [7, 11) is 0. The molecule has 0 aliphatic carbocycles. The predicted molar refractivity (Wildman–Crippen MR) is 85.8 cm³/mol. The second kappa shape index (κ2) is 5.68. The summed E-state index contributed by atoms with van der Waals surface area (Å²) in [6.45, 7) is 5.70. The number of nitrogens with zero attached hydrogens (tertiary/aromatic N) is 1. The van der Waals surface area contributed by atoms with Crippen molar-refractivity contribution in [1.29, 1.82) is 0 Å². The molecule has 1 aliphatic heterocycles. The number of carbonyl (C=O) groups is 1. The zero-order chi connectivity index (χ0) is 13.5. The van der Waals surface area contributed by atoms with Crippen molar-refractivity contribution in [3.05, 3.63) is 23.8 Å². The van der Waals surface area contributed by atoms with Crippen molar-refractivity contribution in [3.63, 3.8) is 0 Å². The number of rotatable bonds is 2. The molecule has 1 aromatic carbocycles. The summed E-state index contributed by atoms with van der Waals surface area (Å²) in [6.07, 6.45) is 0.878. The number of thiazole rings is 1. The first-order chi connectivity index (χ1) is 9.07. The van der Waals surface area contributed by atoms with Crippen LogP contribution in [0.1, 0.15) is 18.9 Å². The Hall–Kier alpha value is -1.17. The van der Waals surface area contributed by atoms with Crippen molar-refractivity contribution in [1.82, 2.24) is 10.3 Å². The van der Waals surface area contributed by atoms with Crippen LogP contribution in [0.5, 0.6) is 0 Å². The number of anilines is 1.